The second kappa shape index (κ2) is 9.43. The monoisotopic (exact) mass is 412 g/mol. The number of rotatable bonds is 9. The first kappa shape index (κ1) is 20.7. The molecule has 0 spiro atoms. The molecule has 0 aliphatic carbocycles. The molecule has 0 saturated carbocycles. The standard InChI is InChI=1S/C22H24N2O4S/c1-15-10-19(16(2)24(15)13-18-6-5-9-29-18)20(25)14-28-23-12-17-7-8-21(26-3)22(11-17)27-4/h5-12H,13-14H2,1-4H3/b23-12+. The van der Waals surface area contributed by atoms with Crippen LogP contribution in [0.3, 0.4) is 0 Å². The summed E-state index contributed by atoms with van der Waals surface area (Å²) in [6, 6.07) is 11.4. The number of aromatic nitrogens is 1. The number of carbonyl (C=O) groups is 1. The van der Waals surface area contributed by atoms with E-state index < -0.39 is 0 Å². The fraction of sp³-hybridized carbons (Fsp3) is 0.273. The first-order valence-corrected chi connectivity index (χ1v) is 10.0. The third-order valence-corrected chi connectivity index (χ3v) is 5.51. The van der Waals surface area contributed by atoms with Gasteiger partial charge in [-0.1, -0.05) is 11.2 Å². The van der Waals surface area contributed by atoms with Crippen LogP contribution in [0.15, 0.2) is 46.9 Å². The third-order valence-electron chi connectivity index (χ3n) is 4.65. The molecule has 3 rings (SSSR count). The fourth-order valence-corrected chi connectivity index (χ4v) is 3.78. The zero-order chi connectivity index (χ0) is 20.8. The Morgan fingerprint density at radius 2 is 1.93 bits per heavy atom. The van der Waals surface area contributed by atoms with Crippen LogP contribution in [0.4, 0.5) is 0 Å². The lowest BCUT2D eigenvalue weighted by atomic mass is 10.1. The Kier molecular flexibility index (Phi) is 6.72. The number of nitrogens with zero attached hydrogens (tertiary/aromatic N) is 2. The van der Waals surface area contributed by atoms with Crippen molar-refractivity contribution in [2.45, 2.75) is 20.4 Å². The molecule has 7 heteroatoms. The number of aryl methyl sites for hydroxylation is 1. The van der Waals surface area contributed by atoms with Crippen LogP contribution in [0.25, 0.3) is 0 Å². The molecule has 0 bridgehead atoms. The summed E-state index contributed by atoms with van der Waals surface area (Å²) in [5.74, 6) is 1.14. The van der Waals surface area contributed by atoms with Gasteiger partial charge in [-0.25, -0.2) is 0 Å². The molecule has 1 aromatic carbocycles. The average molecular weight is 413 g/mol. The van der Waals surface area contributed by atoms with Gasteiger partial charge in [0.05, 0.1) is 27.0 Å². The first-order valence-electron chi connectivity index (χ1n) is 9.13. The lowest BCUT2D eigenvalue weighted by Gasteiger charge is -2.08. The minimum atomic E-state index is -0.118. The van der Waals surface area contributed by atoms with E-state index in [9.17, 15) is 4.79 Å². The van der Waals surface area contributed by atoms with E-state index in [0.29, 0.717) is 17.1 Å². The SMILES string of the molecule is COc1ccc(/C=N/OCC(=O)c2cc(C)n(Cc3cccs3)c2C)cc1OC. The number of ketones is 1. The van der Waals surface area contributed by atoms with E-state index >= 15 is 0 Å². The zero-order valence-corrected chi connectivity index (χ0v) is 17.8. The van der Waals surface area contributed by atoms with E-state index in [4.69, 9.17) is 14.3 Å². The van der Waals surface area contributed by atoms with E-state index in [1.165, 1.54) is 11.1 Å². The summed E-state index contributed by atoms with van der Waals surface area (Å²) >= 11 is 1.71. The predicted octanol–water partition coefficient (Wildman–Crippen LogP) is 4.47. The quantitative estimate of drug-likeness (QED) is 0.296. The normalized spacial score (nSPS) is 11.0. The number of hydrogen-bond donors (Lipinski definition) is 0. The van der Waals surface area contributed by atoms with Crippen LogP contribution in [-0.2, 0) is 11.4 Å². The van der Waals surface area contributed by atoms with Gasteiger partial charge >= 0.3 is 0 Å². The maximum Gasteiger partial charge on any atom is 0.204 e. The van der Waals surface area contributed by atoms with Gasteiger partial charge in [-0.2, -0.15) is 0 Å². The maximum absolute atomic E-state index is 12.6. The molecule has 2 heterocycles. The van der Waals surface area contributed by atoms with Crippen LogP contribution in [-0.4, -0.2) is 37.4 Å². The van der Waals surface area contributed by atoms with Crippen LogP contribution in [0.2, 0.25) is 0 Å². The molecule has 0 saturated heterocycles. The maximum atomic E-state index is 12.6. The molecular weight excluding hydrogens is 388 g/mol. The predicted molar refractivity (Wildman–Crippen MR) is 115 cm³/mol. The highest BCUT2D eigenvalue weighted by Gasteiger charge is 2.16. The Balaban J connectivity index is 1.62. The molecule has 29 heavy (non-hydrogen) atoms. The Morgan fingerprint density at radius 1 is 1.14 bits per heavy atom. The summed E-state index contributed by atoms with van der Waals surface area (Å²) < 4.78 is 12.6. The molecular formula is C22H24N2O4S. The van der Waals surface area contributed by atoms with E-state index in [0.717, 1.165) is 23.5 Å². The van der Waals surface area contributed by atoms with Crippen LogP contribution < -0.4 is 9.47 Å². The highest BCUT2D eigenvalue weighted by molar-refractivity contribution is 7.09. The number of methoxy groups -OCH3 is 2. The summed E-state index contributed by atoms with van der Waals surface area (Å²) in [7, 11) is 3.15. The summed E-state index contributed by atoms with van der Waals surface area (Å²) in [6.45, 7) is 4.61. The van der Waals surface area contributed by atoms with Gasteiger partial charge in [-0.15, -0.1) is 11.3 Å². The molecule has 152 valence electrons. The van der Waals surface area contributed by atoms with Crippen molar-refractivity contribution < 1.29 is 19.1 Å². The molecule has 0 aliphatic rings. The first-order chi connectivity index (χ1) is 14.0. The summed E-state index contributed by atoms with van der Waals surface area (Å²) in [4.78, 5) is 19.1. The van der Waals surface area contributed by atoms with Crippen molar-refractivity contribution in [3.8, 4) is 11.5 Å². The van der Waals surface area contributed by atoms with Crippen molar-refractivity contribution in [3.05, 3.63) is 69.2 Å². The third kappa shape index (κ3) is 4.86. The molecule has 0 atom stereocenters. The van der Waals surface area contributed by atoms with Gasteiger partial charge in [0.1, 0.15) is 0 Å². The molecule has 0 amide bonds. The van der Waals surface area contributed by atoms with Gasteiger partial charge in [0.15, 0.2) is 18.1 Å². The van der Waals surface area contributed by atoms with E-state index in [2.05, 4.69) is 21.2 Å². The number of carbonyl (C=O) groups excluding carboxylic acids is 1. The van der Waals surface area contributed by atoms with Gasteiger partial charge in [0, 0.05) is 27.4 Å². The average Bonchev–Trinajstić information content (AvgIpc) is 3.34. The number of oxime groups is 1. The van der Waals surface area contributed by atoms with Crippen LogP contribution in [0.5, 0.6) is 11.5 Å². The van der Waals surface area contributed by atoms with Gasteiger partial charge in [-0.05, 0) is 49.6 Å². The van der Waals surface area contributed by atoms with Gasteiger partial charge < -0.3 is 18.9 Å². The van der Waals surface area contributed by atoms with E-state index in [1.54, 1.807) is 37.7 Å². The number of benzene rings is 1. The van der Waals surface area contributed by atoms with Crippen molar-refractivity contribution in [1.82, 2.24) is 4.57 Å². The molecule has 2 aromatic heterocycles. The van der Waals surface area contributed by atoms with Crippen molar-refractivity contribution in [2.75, 3.05) is 20.8 Å². The molecule has 0 aliphatic heterocycles. The smallest absolute Gasteiger partial charge is 0.204 e. The molecule has 0 unspecified atom stereocenters. The topological polar surface area (TPSA) is 62.0 Å². The van der Waals surface area contributed by atoms with Gasteiger partial charge in [-0.3, -0.25) is 4.79 Å². The van der Waals surface area contributed by atoms with Gasteiger partial charge in [0.2, 0.25) is 5.78 Å². The molecule has 6 nitrogen and oxygen atoms in total. The number of thiophene rings is 1. The highest BCUT2D eigenvalue weighted by atomic mass is 32.1. The number of ether oxygens (including phenoxy) is 2. The van der Waals surface area contributed by atoms with Crippen LogP contribution in [0, 0.1) is 13.8 Å². The summed E-state index contributed by atoms with van der Waals surface area (Å²) in [6.07, 6.45) is 1.54. The molecule has 0 radical (unpaired) electrons. The van der Waals surface area contributed by atoms with E-state index in [-0.39, 0.29) is 12.4 Å². The Bertz CT molecular complexity index is 1010. The van der Waals surface area contributed by atoms with Crippen LogP contribution >= 0.6 is 11.3 Å². The fourth-order valence-electron chi connectivity index (χ4n) is 3.09. The second-order valence-electron chi connectivity index (χ2n) is 6.50. The van der Waals surface area contributed by atoms with Crippen molar-refractivity contribution in [2.24, 2.45) is 5.16 Å². The molecule has 0 fully saturated rings. The minimum Gasteiger partial charge on any atom is -0.493 e. The largest absolute Gasteiger partial charge is 0.493 e. The van der Waals surface area contributed by atoms with Crippen molar-refractivity contribution in [3.63, 3.8) is 0 Å². The lowest BCUT2D eigenvalue weighted by Crippen LogP contribution is -2.09. The zero-order valence-electron chi connectivity index (χ0n) is 17.0. The van der Waals surface area contributed by atoms with E-state index in [1.807, 2.05) is 32.0 Å². The van der Waals surface area contributed by atoms with Crippen molar-refractivity contribution >= 4 is 23.3 Å². The lowest BCUT2D eigenvalue weighted by molar-refractivity contribution is 0.0778. The van der Waals surface area contributed by atoms with Crippen molar-refractivity contribution in [1.29, 1.82) is 0 Å². The highest BCUT2D eigenvalue weighted by Crippen LogP contribution is 2.27. The Hall–Kier alpha value is -3.06. The minimum absolute atomic E-state index is 0.0972. The Morgan fingerprint density at radius 3 is 2.62 bits per heavy atom. The molecule has 0 N–H and O–H groups in total. The van der Waals surface area contributed by atoms with Gasteiger partial charge in [0.25, 0.3) is 0 Å². The second-order valence-corrected chi connectivity index (χ2v) is 7.53. The number of hydrogen-bond acceptors (Lipinski definition) is 6. The summed E-state index contributed by atoms with van der Waals surface area (Å²) in [5.41, 5.74) is 3.44. The molecule has 3 aromatic rings. The number of Topliss-reactive ketones (excluding diaryl/α,β-unsaturated/α-hetero) is 1. The Labute approximate surface area is 174 Å². The van der Waals surface area contributed by atoms with Crippen LogP contribution in [0.1, 0.15) is 32.2 Å². The summed E-state index contributed by atoms with van der Waals surface area (Å²) in [5, 5.41) is 5.97.